The zero-order valence-electron chi connectivity index (χ0n) is 19.1. The second-order valence-electron chi connectivity index (χ2n) is 8.73. The van der Waals surface area contributed by atoms with Crippen LogP contribution in [-0.4, -0.2) is 60.9 Å². The van der Waals surface area contributed by atoms with Crippen molar-refractivity contribution in [3.63, 3.8) is 0 Å². The zero-order chi connectivity index (χ0) is 22.2. The summed E-state index contributed by atoms with van der Waals surface area (Å²) in [6, 6.07) is 10.5. The third kappa shape index (κ3) is 4.03. The number of rotatable bonds is 5. The molecule has 1 aliphatic heterocycles. The van der Waals surface area contributed by atoms with Crippen molar-refractivity contribution in [3.8, 4) is 11.4 Å². The molecular formula is C24H29N7O. The van der Waals surface area contributed by atoms with Crippen LogP contribution in [0.4, 0.5) is 0 Å². The van der Waals surface area contributed by atoms with Crippen LogP contribution in [-0.2, 0) is 13.6 Å². The van der Waals surface area contributed by atoms with Crippen LogP contribution in [0.1, 0.15) is 35.7 Å². The lowest BCUT2D eigenvalue weighted by atomic mass is 10.1. The van der Waals surface area contributed by atoms with Crippen molar-refractivity contribution in [1.29, 1.82) is 0 Å². The van der Waals surface area contributed by atoms with Crippen LogP contribution in [0, 0.1) is 13.8 Å². The van der Waals surface area contributed by atoms with Crippen molar-refractivity contribution >= 4 is 11.0 Å². The number of benzene rings is 1. The van der Waals surface area contributed by atoms with E-state index in [4.69, 9.17) is 4.52 Å². The molecule has 166 valence electrons. The predicted molar refractivity (Wildman–Crippen MR) is 123 cm³/mol. The first kappa shape index (κ1) is 20.8. The van der Waals surface area contributed by atoms with Crippen molar-refractivity contribution < 1.29 is 4.52 Å². The normalized spacial score (nSPS) is 16.6. The maximum absolute atomic E-state index is 5.61. The summed E-state index contributed by atoms with van der Waals surface area (Å²) in [5.74, 6) is 1.33. The van der Waals surface area contributed by atoms with E-state index in [1.807, 2.05) is 37.0 Å². The highest BCUT2D eigenvalue weighted by molar-refractivity contribution is 5.78. The fraction of sp³-hybridized carbons (Fsp3) is 0.417. The van der Waals surface area contributed by atoms with E-state index < -0.39 is 0 Å². The van der Waals surface area contributed by atoms with Gasteiger partial charge in [-0.2, -0.15) is 10.1 Å². The quantitative estimate of drug-likeness (QED) is 0.479. The average molecular weight is 432 g/mol. The number of aryl methyl sites for hydroxylation is 3. The molecule has 1 unspecified atom stereocenters. The van der Waals surface area contributed by atoms with Crippen LogP contribution in [0.2, 0.25) is 0 Å². The fourth-order valence-corrected chi connectivity index (χ4v) is 4.39. The molecule has 1 aliphatic rings. The van der Waals surface area contributed by atoms with Gasteiger partial charge in [0, 0.05) is 56.9 Å². The van der Waals surface area contributed by atoms with Crippen LogP contribution in [0.5, 0.6) is 0 Å². The van der Waals surface area contributed by atoms with Gasteiger partial charge in [0.2, 0.25) is 11.7 Å². The number of aromatic nitrogens is 5. The third-order valence-electron chi connectivity index (χ3n) is 6.39. The lowest BCUT2D eigenvalue weighted by Crippen LogP contribution is -2.46. The molecule has 1 fully saturated rings. The van der Waals surface area contributed by atoms with Gasteiger partial charge in [-0.1, -0.05) is 35.0 Å². The van der Waals surface area contributed by atoms with Gasteiger partial charge in [0.15, 0.2) is 5.65 Å². The minimum atomic E-state index is 0.0971. The van der Waals surface area contributed by atoms with E-state index in [0.29, 0.717) is 11.7 Å². The molecule has 0 N–H and O–H groups in total. The molecular weight excluding hydrogens is 402 g/mol. The topological polar surface area (TPSA) is 76.1 Å². The Morgan fingerprint density at radius 1 is 1.06 bits per heavy atom. The van der Waals surface area contributed by atoms with Crippen LogP contribution >= 0.6 is 0 Å². The third-order valence-corrected chi connectivity index (χ3v) is 6.39. The predicted octanol–water partition coefficient (Wildman–Crippen LogP) is 3.51. The highest BCUT2D eigenvalue weighted by Crippen LogP contribution is 2.24. The molecule has 0 radical (unpaired) electrons. The highest BCUT2D eigenvalue weighted by atomic mass is 16.5. The molecule has 8 nitrogen and oxygen atoms in total. The zero-order valence-corrected chi connectivity index (χ0v) is 19.1. The van der Waals surface area contributed by atoms with E-state index in [0.717, 1.165) is 55.0 Å². The standard InChI is InChI=1S/C24H29N7O/c1-16-5-7-20(8-6-16)22-26-24(32-28-22)18(3)31-11-9-30(10-12-31)15-19-13-21-17(2)27-29(4)23(21)25-14-19/h5-8,13-14,18H,9-12,15H2,1-4H3. The Balaban J connectivity index is 1.20. The summed E-state index contributed by atoms with van der Waals surface area (Å²) in [7, 11) is 1.94. The van der Waals surface area contributed by atoms with Crippen molar-refractivity contribution in [2.45, 2.75) is 33.4 Å². The van der Waals surface area contributed by atoms with Gasteiger partial charge in [0.1, 0.15) is 0 Å². The minimum absolute atomic E-state index is 0.0971. The Morgan fingerprint density at radius 3 is 2.56 bits per heavy atom. The Labute approximate surface area is 187 Å². The summed E-state index contributed by atoms with van der Waals surface area (Å²) in [4.78, 5) is 14.2. The Bertz CT molecular complexity index is 1220. The molecule has 4 heterocycles. The average Bonchev–Trinajstić information content (AvgIpc) is 3.39. The van der Waals surface area contributed by atoms with Crippen LogP contribution < -0.4 is 0 Å². The maximum atomic E-state index is 5.61. The monoisotopic (exact) mass is 431 g/mol. The van der Waals surface area contributed by atoms with E-state index in [-0.39, 0.29) is 6.04 Å². The largest absolute Gasteiger partial charge is 0.337 e. The summed E-state index contributed by atoms with van der Waals surface area (Å²) in [6.45, 7) is 11.1. The first-order valence-electron chi connectivity index (χ1n) is 11.1. The summed E-state index contributed by atoms with van der Waals surface area (Å²) >= 11 is 0. The summed E-state index contributed by atoms with van der Waals surface area (Å²) in [6.07, 6.45) is 1.98. The van der Waals surface area contributed by atoms with Gasteiger partial charge in [-0.3, -0.25) is 14.5 Å². The molecule has 8 heteroatoms. The van der Waals surface area contributed by atoms with Gasteiger partial charge in [-0.05, 0) is 32.4 Å². The number of fused-ring (bicyclic) bond motifs is 1. The molecule has 3 aromatic heterocycles. The second kappa shape index (κ2) is 8.44. The maximum Gasteiger partial charge on any atom is 0.244 e. The number of hydrogen-bond acceptors (Lipinski definition) is 7. The molecule has 1 saturated heterocycles. The molecule has 5 rings (SSSR count). The fourth-order valence-electron chi connectivity index (χ4n) is 4.39. The van der Waals surface area contributed by atoms with E-state index in [1.54, 1.807) is 0 Å². The van der Waals surface area contributed by atoms with Gasteiger partial charge in [0.05, 0.1) is 11.7 Å². The molecule has 0 bridgehead atoms. The number of pyridine rings is 1. The summed E-state index contributed by atoms with van der Waals surface area (Å²) < 4.78 is 7.45. The highest BCUT2D eigenvalue weighted by Gasteiger charge is 2.26. The minimum Gasteiger partial charge on any atom is -0.337 e. The molecule has 0 saturated carbocycles. The molecule has 32 heavy (non-hydrogen) atoms. The molecule has 0 aliphatic carbocycles. The van der Waals surface area contributed by atoms with Crippen LogP contribution in [0.3, 0.4) is 0 Å². The van der Waals surface area contributed by atoms with Gasteiger partial charge >= 0.3 is 0 Å². The van der Waals surface area contributed by atoms with Crippen molar-refractivity contribution in [1.82, 2.24) is 34.7 Å². The number of piperazine rings is 1. The summed E-state index contributed by atoms with van der Waals surface area (Å²) in [5, 5.41) is 9.81. The molecule has 0 spiro atoms. The van der Waals surface area contributed by atoms with Gasteiger partial charge < -0.3 is 4.52 Å². The van der Waals surface area contributed by atoms with E-state index in [2.05, 4.69) is 62.1 Å². The Morgan fingerprint density at radius 2 is 1.81 bits per heavy atom. The van der Waals surface area contributed by atoms with Crippen LogP contribution in [0.25, 0.3) is 22.4 Å². The van der Waals surface area contributed by atoms with Crippen LogP contribution in [0.15, 0.2) is 41.1 Å². The van der Waals surface area contributed by atoms with Crippen molar-refractivity contribution in [2.75, 3.05) is 26.2 Å². The summed E-state index contributed by atoms with van der Waals surface area (Å²) in [5.41, 5.74) is 5.40. The van der Waals surface area contributed by atoms with E-state index in [1.165, 1.54) is 11.1 Å². The lowest BCUT2D eigenvalue weighted by Gasteiger charge is -2.36. The van der Waals surface area contributed by atoms with Gasteiger partial charge in [-0.15, -0.1) is 0 Å². The SMILES string of the molecule is Cc1ccc(-c2noc(C(C)N3CCN(Cc4cnc5c(c4)c(C)nn5C)CC3)n2)cc1. The van der Waals surface area contributed by atoms with Gasteiger partial charge in [-0.25, -0.2) is 4.98 Å². The van der Waals surface area contributed by atoms with Crippen molar-refractivity contribution in [3.05, 3.63) is 59.2 Å². The molecule has 0 amide bonds. The first-order valence-corrected chi connectivity index (χ1v) is 11.1. The Hall–Kier alpha value is -3.10. The number of hydrogen-bond donors (Lipinski definition) is 0. The lowest BCUT2D eigenvalue weighted by molar-refractivity contribution is 0.0845. The Kier molecular flexibility index (Phi) is 5.48. The molecule has 1 atom stereocenters. The molecule has 1 aromatic carbocycles. The van der Waals surface area contributed by atoms with Gasteiger partial charge in [0.25, 0.3) is 0 Å². The molecule has 4 aromatic rings. The van der Waals surface area contributed by atoms with E-state index >= 15 is 0 Å². The smallest absolute Gasteiger partial charge is 0.244 e. The van der Waals surface area contributed by atoms with Crippen molar-refractivity contribution in [2.24, 2.45) is 7.05 Å². The van der Waals surface area contributed by atoms with E-state index in [9.17, 15) is 0 Å². The number of nitrogens with zero attached hydrogens (tertiary/aromatic N) is 7. The first-order chi connectivity index (χ1) is 15.5. The second-order valence-corrected chi connectivity index (χ2v) is 8.73.